The second-order valence-electron chi connectivity index (χ2n) is 6.12. The summed E-state index contributed by atoms with van der Waals surface area (Å²) in [6, 6.07) is 0. The summed E-state index contributed by atoms with van der Waals surface area (Å²) in [5, 5.41) is 11.7. The fourth-order valence-electron chi connectivity index (χ4n) is 2.33. The number of carbonyl (C=O) groups excluding carboxylic acids is 1. The van der Waals surface area contributed by atoms with Crippen LogP contribution in [0.25, 0.3) is 0 Å². The Morgan fingerprint density at radius 2 is 2.15 bits per heavy atom. The lowest BCUT2D eigenvalue weighted by molar-refractivity contribution is -0.138. The molecule has 7 heteroatoms. The van der Waals surface area contributed by atoms with E-state index in [-0.39, 0.29) is 19.6 Å². The fourth-order valence-corrected chi connectivity index (χ4v) is 2.33. The van der Waals surface area contributed by atoms with Gasteiger partial charge in [0, 0.05) is 12.5 Å². The van der Waals surface area contributed by atoms with E-state index in [1.165, 1.54) is 0 Å². The molecule has 0 bridgehead atoms. The first-order chi connectivity index (χ1) is 9.18. The first kappa shape index (κ1) is 16.7. The molecule has 0 spiro atoms. The molecule has 1 amide bonds. The molecule has 1 saturated heterocycles. The largest absolute Gasteiger partial charge is 0.481 e. The zero-order valence-electron chi connectivity index (χ0n) is 12.3. The maximum atomic E-state index is 11.9. The number of carbonyl (C=O) groups is 2. The first-order valence-corrected chi connectivity index (χ1v) is 6.69. The van der Waals surface area contributed by atoms with Gasteiger partial charge < -0.3 is 25.6 Å². The molecule has 1 fully saturated rings. The lowest BCUT2D eigenvalue weighted by Crippen LogP contribution is -2.57. The third kappa shape index (κ3) is 4.64. The molecule has 0 saturated carbocycles. The van der Waals surface area contributed by atoms with Crippen molar-refractivity contribution in [3.05, 3.63) is 0 Å². The zero-order chi connectivity index (χ0) is 15.4. The highest BCUT2D eigenvalue weighted by molar-refractivity contribution is 5.70. The number of amides is 1. The number of hydrogen-bond donors (Lipinski definition) is 3. The van der Waals surface area contributed by atoms with Crippen molar-refractivity contribution in [3.63, 3.8) is 0 Å². The van der Waals surface area contributed by atoms with Crippen molar-refractivity contribution in [2.45, 2.75) is 44.8 Å². The molecule has 116 valence electrons. The maximum Gasteiger partial charge on any atom is 0.408 e. The minimum absolute atomic E-state index is 0.115. The number of aliphatic carboxylic acids is 1. The molecule has 0 aromatic rings. The minimum atomic E-state index is -0.947. The third-order valence-electron chi connectivity index (χ3n) is 3.29. The Morgan fingerprint density at radius 3 is 2.55 bits per heavy atom. The molecule has 7 nitrogen and oxygen atoms in total. The Balaban J connectivity index is 2.80. The SMILES string of the molecule is CC(C)(C)OC(=O)NC1(C(CN)CC(=O)O)CCOC1. The van der Waals surface area contributed by atoms with E-state index in [2.05, 4.69) is 5.32 Å². The summed E-state index contributed by atoms with van der Waals surface area (Å²) in [4.78, 5) is 22.9. The zero-order valence-corrected chi connectivity index (χ0v) is 12.3. The van der Waals surface area contributed by atoms with Crippen molar-refractivity contribution >= 4 is 12.1 Å². The van der Waals surface area contributed by atoms with Crippen LogP contribution in [0.15, 0.2) is 0 Å². The number of ether oxygens (including phenoxy) is 2. The monoisotopic (exact) mass is 288 g/mol. The van der Waals surface area contributed by atoms with Gasteiger partial charge in [0.05, 0.1) is 18.6 Å². The van der Waals surface area contributed by atoms with Crippen LogP contribution >= 0.6 is 0 Å². The highest BCUT2D eigenvalue weighted by atomic mass is 16.6. The van der Waals surface area contributed by atoms with Crippen LogP contribution in [0.3, 0.4) is 0 Å². The van der Waals surface area contributed by atoms with Gasteiger partial charge in [-0.3, -0.25) is 4.79 Å². The second-order valence-corrected chi connectivity index (χ2v) is 6.12. The summed E-state index contributed by atoms with van der Waals surface area (Å²) in [5.74, 6) is -1.34. The van der Waals surface area contributed by atoms with Crippen molar-refractivity contribution in [2.24, 2.45) is 11.7 Å². The summed E-state index contributed by atoms with van der Waals surface area (Å²) >= 11 is 0. The van der Waals surface area contributed by atoms with E-state index in [4.69, 9.17) is 20.3 Å². The number of nitrogens with one attached hydrogen (secondary N) is 1. The third-order valence-corrected chi connectivity index (χ3v) is 3.29. The van der Waals surface area contributed by atoms with E-state index in [0.29, 0.717) is 13.0 Å². The summed E-state index contributed by atoms with van der Waals surface area (Å²) in [6.07, 6.45) is -0.163. The topological polar surface area (TPSA) is 111 Å². The van der Waals surface area contributed by atoms with Crippen LogP contribution in [0.1, 0.15) is 33.6 Å². The van der Waals surface area contributed by atoms with Crippen LogP contribution in [-0.2, 0) is 14.3 Å². The fraction of sp³-hybridized carbons (Fsp3) is 0.846. The molecule has 1 aliphatic heterocycles. The summed E-state index contributed by atoms with van der Waals surface area (Å²) < 4.78 is 10.6. The van der Waals surface area contributed by atoms with Crippen LogP contribution in [0.2, 0.25) is 0 Å². The van der Waals surface area contributed by atoms with E-state index in [9.17, 15) is 9.59 Å². The average molecular weight is 288 g/mol. The predicted molar refractivity (Wildman–Crippen MR) is 72.3 cm³/mol. The Kier molecular flexibility index (Phi) is 5.35. The number of nitrogens with two attached hydrogens (primary N) is 1. The smallest absolute Gasteiger partial charge is 0.408 e. The van der Waals surface area contributed by atoms with Crippen molar-refractivity contribution < 1.29 is 24.2 Å². The van der Waals surface area contributed by atoms with Gasteiger partial charge >= 0.3 is 12.1 Å². The molecule has 20 heavy (non-hydrogen) atoms. The molecule has 0 aromatic carbocycles. The molecule has 2 unspecified atom stereocenters. The molecule has 2 atom stereocenters. The lowest BCUT2D eigenvalue weighted by atomic mass is 9.81. The number of carboxylic acid groups (broad SMARTS) is 1. The highest BCUT2D eigenvalue weighted by Crippen LogP contribution is 2.30. The average Bonchev–Trinajstić information content (AvgIpc) is 2.72. The Hall–Kier alpha value is -1.34. The Morgan fingerprint density at radius 1 is 1.50 bits per heavy atom. The summed E-state index contributed by atoms with van der Waals surface area (Å²) in [6.45, 7) is 6.17. The van der Waals surface area contributed by atoms with E-state index >= 15 is 0 Å². The van der Waals surface area contributed by atoms with Gasteiger partial charge in [-0.1, -0.05) is 0 Å². The first-order valence-electron chi connectivity index (χ1n) is 6.69. The number of hydrogen-bond acceptors (Lipinski definition) is 5. The maximum absolute atomic E-state index is 11.9. The van der Waals surface area contributed by atoms with E-state index in [1.807, 2.05) is 0 Å². The predicted octanol–water partition coefficient (Wildman–Crippen LogP) is 0.720. The van der Waals surface area contributed by atoms with Crippen molar-refractivity contribution in [2.75, 3.05) is 19.8 Å². The van der Waals surface area contributed by atoms with Crippen LogP contribution < -0.4 is 11.1 Å². The van der Waals surface area contributed by atoms with E-state index < -0.39 is 29.1 Å². The van der Waals surface area contributed by atoms with Gasteiger partial charge in [0.2, 0.25) is 0 Å². The van der Waals surface area contributed by atoms with Gasteiger partial charge in [-0.05, 0) is 33.7 Å². The molecular formula is C13H24N2O5. The minimum Gasteiger partial charge on any atom is -0.481 e. The van der Waals surface area contributed by atoms with Crippen LogP contribution in [-0.4, -0.2) is 48.1 Å². The standard InChI is InChI=1S/C13H24N2O5/c1-12(2,3)20-11(18)15-13(4-5-19-8-13)9(7-14)6-10(16)17/h9H,4-8,14H2,1-3H3,(H,15,18)(H,16,17). The molecule has 0 aromatic heterocycles. The quantitative estimate of drug-likeness (QED) is 0.687. The van der Waals surface area contributed by atoms with Gasteiger partial charge in [0.1, 0.15) is 5.60 Å². The molecule has 1 heterocycles. The number of alkyl carbamates (subject to hydrolysis) is 1. The highest BCUT2D eigenvalue weighted by Gasteiger charge is 2.44. The van der Waals surface area contributed by atoms with Crippen LogP contribution in [0.5, 0.6) is 0 Å². The molecule has 1 rings (SSSR count). The number of rotatable bonds is 5. The summed E-state index contributed by atoms with van der Waals surface area (Å²) in [5.41, 5.74) is 4.29. The molecule has 1 aliphatic rings. The Labute approximate surface area is 118 Å². The summed E-state index contributed by atoms with van der Waals surface area (Å²) in [7, 11) is 0. The van der Waals surface area contributed by atoms with Crippen LogP contribution in [0.4, 0.5) is 4.79 Å². The van der Waals surface area contributed by atoms with Crippen molar-refractivity contribution in [1.82, 2.24) is 5.32 Å². The molecule has 0 radical (unpaired) electrons. The van der Waals surface area contributed by atoms with Crippen molar-refractivity contribution in [3.8, 4) is 0 Å². The Bertz CT molecular complexity index is 358. The van der Waals surface area contributed by atoms with E-state index in [1.54, 1.807) is 20.8 Å². The van der Waals surface area contributed by atoms with Gasteiger partial charge in [-0.2, -0.15) is 0 Å². The van der Waals surface area contributed by atoms with E-state index in [0.717, 1.165) is 0 Å². The van der Waals surface area contributed by atoms with Gasteiger partial charge in [-0.15, -0.1) is 0 Å². The van der Waals surface area contributed by atoms with Crippen LogP contribution in [0, 0.1) is 5.92 Å². The van der Waals surface area contributed by atoms with Gasteiger partial charge in [0.15, 0.2) is 0 Å². The van der Waals surface area contributed by atoms with Gasteiger partial charge in [-0.25, -0.2) is 4.79 Å². The lowest BCUT2D eigenvalue weighted by Gasteiger charge is -2.36. The number of carboxylic acids is 1. The van der Waals surface area contributed by atoms with Gasteiger partial charge in [0.25, 0.3) is 0 Å². The molecule has 0 aliphatic carbocycles. The molecule has 4 N–H and O–H groups in total. The second kappa shape index (κ2) is 6.41. The van der Waals surface area contributed by atoms with Crippen molar-refractivity contribution in [1.29, 1.82) is 0 Å². The molecular weight excluding hydrogens is 264 g/mol. The normalized spacial score (nSPS) is 24.2.